The fraction of sp³-hybridized carbons (Fsp3) is 0.562. The maximum atomic E-state index is 12.4. The number of rotatable bonds is 2. The molecule has 0 radical (unpaired) electrons. The number of aliphatic hydroxyl groups is 1. The fourth-order valence-corrected chi connectivity index (χ4v) is 5.01. The summed E-state index contributed by atoms with van der Waals surface area (Å²) in [5, 5.41) is 10.4. The van der Waals surface area contributed by atoms with Gasteiger partial charge in [-0.05, 0) is 25.0 Å². The molecule has 0 spiro atoms. The molecular weight excluding hydrogens is 272 g/mol. The number of benzene rings is 1. The van der Waals surface area contributed by atoms with Gasteiger partial charge in [-0.25, -0.2) is 4.79 Å². The quantitative estimate of drug-likeness (QED) is 0.831. The molecule has 2 aliphatic carbocycles. The third-order valence-corrected chi connectivity index (χ3v) is 5.71. The van der Waals surface area contributed by atoms with Crippen LogP contribution in [-0.4, -0.2) is 34.9 Å². The SMILES string of the molecule is CC1OC2OC3(O)C[C@H]4[C@H]1[C@@]2(OC(=O)c1ccccc1)[C@@H]43. The average molecular weight is 288 g/mol. The Morgan fingerprint density at radius 3 is 2.90 bits per heavy atom. The van der Waals surface area contributed by atoms with Crippen LogP contribution in [0.1, 0.15) is 23.7 Å². The predicted octanol–water partition coefficient (Wildman–Crippen LogP) is 1.31. The summed E-state index contributed by atoms with van der Waals surface area (Å²) < 4.78 is 17.3. The van der Waals surface area contributed by atoms with Crippen molar-refractivity contribution in [1.29, 1.82) is 0 Å². The molecule has 5 rings (SSSR count). The van der Waals surface area contributed by atoms with Gasteiger partial charge >= 0.3 is 5.97 Å². The first-order valence-corrected chi connectivity index (χ1v) is 7.40. The van der Waals surface area contributed by atoms with Gasteiger partial charge in [0.05, 0.1) is 17.6 Å². The van der Waals surface area contributed by atoms with Crippen molar-refractivity contribution >= 4 is 5.97 Å². The molecule has 21 heavy (non-hydrogen) atoms. The summed E-state index contributed by atoms with van der Waals surface area (Å²) in [6, 6.07) is 8.91. The van der Waals surface area contributed by atoms with Crippen LogP contribution in [0.4, 0.5) is 0 Å². The maximum absolute atomic E-state index is 12.4. The van der Waals surface area contributed by atoms with E-state index in [-0.39, 0.29) is 23.9 Å². The zero-order valence-electron chi connectivity index (χ0n) is 11.6. The van der Waals surface area contributed by atoms with Crippen molar-refractivity contribution in [3.63, 3.8) is 0 Å². The highest BCUT2D eigenvalue weighted by Crippen LogP contribution is 2.76. The lowest BCUT2D eigenvalue weighted by molar-refractivity contribution is -0.353. The Bertz CT molecular complexity index is 623. The van der Waals surface area contributed by atoms with Gasteiger partial charge in [0, 0.05) is 12.3 Å². The first-order chi connectivity index (χ1) is 10.1. The van der Waals surface area contributed by atoms with E-state index in [1.807, 2.05) is 13.0 Å². The lowest BCUT2D eigenvalue weighted by atomic mass is 9.42. The van der Waals surface area contributed by atoms with Crippen LogP contribution in [-0.2, 0) is 14.2 Å². The van der Waals surface area contributed by atoms with E-state index in [0.29, 0.717) is 17.9 Å². The molecule has 2 saturated heterocycles. The number of hydrogen-bond acceptors (Lipinski definition) is 5. The zero-order chi connectivity index (χ0) is 14.4. The van der Waals surface area contributed by atoms with Crippen LogP contribution in [0, 0.1) is 17.8 Å². The highest BCUT2D eigenvalue weighted by molar-refractivity contribution is 5.89. The van der Waals surface area contributed by atoms with Gasteiger partial charge in [0.25, 0.3) is 0 Å². The minimum atomic E-state index is -1.16. The van der Waals surface area contributed by atoms with E-state index in [2.05, 4.69) is 0 Å². The third-order valence-electron chi connectivity index (χ3n) is 5.71. The van der Waals surface area contributed by atoms with Crippen LogP contribution in [0.5, 0.6) is 0 Å². The zero-order valence-corrected chi connectivity index (χ0v) is 11.6. The topological polar surface area (TPSA) is 65.0 Å². The van der Waals surface area contributed by atoms with E-state index in [4.69, 9.17) is 14.2 Å². The summed E-state index contributed by atoms with van der Waals surface area (Å²) in [6.07, 6.45) is -0.0273. The van der Waals surface area contributed by atoms with E-state index in [9.17, 15) is 9.90 Å². The molecule has 3 unspecified atom stereocenters. The first-order valence-electron chi connectivity index (χ1n) is 7.40. The fourth-order valence-electron chi connectivity index (χ4n) is 5.01. The summed E-state index contributed by atoms with van der Waals surface area (Å²) in [5.74, 6) is -1.22. The Morgan fingerprint density at radius 1 is 1.38 bits per heavy atom. The van der Waals surface area contributed by atoms with Crippen molar-refractivity contribution in [2.45, 2.75) is 37.1 Å². The lowest BCUT2D eigenvalue weighted by Crippen LogP contribution is -2.75. The van der Waals surface area contributed by atoms with Gasteiger partial charge in [-0.3, -0.25) is 0 Å². The Hall–Kier alpha value is -1.43. The molecule has 0 aromatic heterocycles. The minimum absolute atomic E-state index is 0.00956. The number of ether oxygens (including phenoxy) is 3. The highest BCUT2D eigenvalue weighted by atomic mass is 16.8. The highest BCUT2D eigenvalue weighted by Gasteiger charge is 2.90. The van der Waals surface area contributed by atoms with Crippen molar-refractivity contribution in [2.75, 3.05) is 0 Å². The Labute approximate surface area is 121 Å². The predicted molar refractivity (Wildman–Crippen MR) is 70.0 cm³/mol. The third kappa shape index (κ3) is 1.19. The summed E-state index contributed by atoms with van der Waals surface area (Å²) in [5.41, 5.74) is -0.290. The molecule has 4 fully saturated rings. The van der Waals surface area contributed by atoms with Gasteiger partial charge < -0.3 is 19.3 Å². The molecule has 5 nitrogen and oxygen atoms in total. The molecule has 7 atom stereocenters. The molecule has 1 aromatic carbocycles. The van der Waals surface area contributed by atoms with Crippen LogP contribution in [0.3, 0.4) is 0 Å². The van der Waals surface area contributed by atoms with Gasteiger partial charge in [0.15, 0.2) is 11.4 Å². The second kappa shape index (κ2) is 3.48. The lowest BCUT2D eigenvalue weighted by Gasteiger charge is -2.64. The molecule has 1 aromatic rings. The number of hydrogen-bond donors (Lipinski definition) is 1. The van der Waals surface area contributed by atoms with Gasteiger partial charge in [0.2, 0.25) is 6.29 Å². The van der Waals surface area contributed by atoms with E-state index in [1.54, 1.807) is 24.3 Å². The molecular formula is C16H16O5. The van der Waals surface area contributed by atoms with Crippen LogP contribution < -0.4 is 0 Å². The largest absolute Gasteiger partial charge is 0.449 e. The van der Waals surface area contributed by atoms with Crippen molar-refractivity contribution in [2.24, 2.45) is 17.8 Å². The monoisotopic (exact) mass is 288 g/mol. The summed E-state index contributed by atoms with van der Waals surface area (Å²) in [4.78, 5) is 12.4. The number of carbonyl (C=O) groups excluding carboxylic acids is 1. The average Bonchev–Trinajstić information content (AvgIpc) is 2.65. The van der Waals surface area contributed by atoms with Crippen LogP contribution in [0.25, 0.3) is 0 Å². The van der Waals surface area contributed by atoms with E-state index >= 15 is 0 Å². The van der Waals surface area contributed by atoms with Gasteiger partial charge in [0.1, 0.15) is 0 Å². The van der Waals surface area contributed by atoms with Gasteiger partial charge in [-0.2, -0.15) is 0 Å². The van der Waals surface area contributed by atoms with Crippen molar-refractivity contribution in [3.8, 4) is 0 Å². The van der Waals surface area contributed by atoms with Gasteiger partial charge in [-0.15, -0.1) is 0 Å². The molecule has 0 amide bonds. The van der Waals surface area contributed by atoms with Crippen molar-refractivity contribution in [1.82, 2.24) is 0 Å². The molecule has 5 heteroatoms. The Morgan fingerprint density at radius 2 is 2.14 bits per heavy atom. The Balaban J connectivity index is 1.50. The standard InChI is InChI=1S/C16H16O5/c1-8-11-10-7-15(18)12(10)16(11,14(19-8)21-15)20-13(17)9-5-3-2-4-6-9/h2-6,8,10-12,14,18H,7H2,1H3/t8?,10-,11-,12-,14?,15?,16+/m0/s1. The summed E-state index contributed by atoms with van der Waals surface area (Å²) in [6.45, 7) is 1.98. The minimum Gasteiger partial charge on any atom is -0.449 e. The van der Waals surface area contributed by atoms with E-state index < -0.39 is 17.7 Å². The molecule has 110 valence electrons. The van der Waals surface area contributed by atoms with Crippen molar-refractivity contribution < 1.29 is 24.1 Å². The first kappa shape index (κ1) is 12.1. The number of carbonyl (C=O) groups is 1. The Kier molecular flexibility index (Phi) is 2.01. The molecule has 4 aliphatic rings. The van der Waals surface area contributed by atoms with E-state index in [1.165, 1.54) is 0 Å². The van der Waals surface area contributed by atoms with Crippen molar-refractivity contribution in [3.05, 3.63) is 35.9 Å². The smallest absolute Gasteiger partial charge is 0.338 e. The van der Waals surface area contributed by atoms with E-state index in [0.717, 1.165) is 0 Å². The molecule has 2 heterocycles. The van der Waals surface area contributed by atoms with Gasteiger partial charge in [-0.1, -0.05) is 18.2 Å². The summed E-state index contributed by atoms with van der Waals surface area (Å²) >= 11 is 0. The second-order valence-electron chi connectivity index (χ2n) is 6.62. The number of fused-ring (bicyclic) bond motifs is 1. The normalized spacial score (nSPS) is 51.8. The van der Waals surface area contributed by atoms with Crippen LogP contribution >= 0.6 is 0 Å². The molecule has 2 aliphatic heterocycles. The molecule has 0 bridgehead atoms. The van der Waals surface area contributed by atoms with Crippen LogP contribution in [0.15, 0.2) is 30.3 Å². The maximum Gasteiger partial charge on any atom is 0.338 e. The van der Waals surface area contributed by atoms with Crippen LogP contribution in [0.2, 0.25) is 0 Å². The summed E-state index contributed by atoms with van der Waals surface area (Å²) in [7, 11) is 0. The molecule has 2 saturated carbocycles. The second-order valence-corrected chi connectivity index (χ2v) is 6.62. The molecule has 1 N–H and O–H groups in total. The number of esters is 1.